The van der Waals surface area contributed by atoms with Crippen molar-refractivity contribution in [3.8, 4) is 0 Å². The third-order valence-electron chi connectivity index (χ3n) is 6.67. The van der Waals surface area contributed by atoms with Crippen LogP contribution in [0, 0.1) is 6.92 Å². The van der Waals surface area contributed by atoms with E-state index in [1.807, 2.05) is 63.2 Å². The number of benzene rings is 2. The predicted octanol–water partition coefficient (Wildman–Crippen LogP) is 4.08. The number of urea groups is 1. The fourth-order valence-corrected chi connectivity index (χ4v) is 4.80. The fraction of sp³-hybridized carbons (Fsp3) is 0.423. The Balaban J connectivity index is 1.62. The summed E-state index contributed by atoms with van der Waals surface area (Å²) in [7, 11) is 0. The minimum absolute atomic E-state index is 0.316. The SMILES string of the molecule is CCc1cccc(CC)c1NC(=O)CN1C(=O)N(c2ccc(C)cc2)C2(CCOCC2)C1=O. The summed E-state index contributed by atoms with van der Waals surface area (Å²) in [6.45, 7) is 6.51. The summed E-state index contributed by atoms with van der Waals surface area (Å²) < 4.78 is 5.50. The van der Waals surface area contributed by atoms with Gasteiger partial charge in [-0.05, 0) is 43.0 Å². The number of amides is 4. The van der Waals surface area contributed by atoms with Gasteiger partial charge in [0.2, 0.25) is 5.91 Å². The number of nitrogens with zero attached hydrogens (tertiary/aromatic N) is 2. The van der Waals surface area contributed by atoms with Crippen molar-refractivity contribution in [1.29, 1.82) is 0 Å². The lowest BCUT2D eigenvalue weighted by atomic mass is 9.88. The first kappa shape index (κ1) is 23.0. The van der Waals surface area contributed by atoms with Crippen LogP contribution in [0.3, 0.4) is 0 Å². The maximum atomic E-state index is 13.6. The van der Waals surface area contributed by atoms with Gasteiger partial charge in [-0.2, -0.15) is 0 Å². The van der Waals surface area contributed by atoms with E-state index in [0.717, 1.165) is 40.1 Å². The minimum Gasteiger partial charge on any atom is -0.381 e. The molecule has 33 heavy (non-hydrogen) atoms. The number of carbonyl (C=O) groups excluding carboxylic acids is 3. The lowest BCUT2D eigenvalue weighted by Crippen LogP contribution is -2.53. The van der Waals surface area contributed by atoms with Gasteiger partial charge in [-0.1, -0.05) is 49.7 Å². The van der Waals surface area contributed by atoms with Crippen LogP contribution in [0.1, 0.15) is 43.4 Å². The molecule has 2 aromatic carbocycles. The van der Waals surface area contributed by atoms with Crippen LogP contribution in [0.4, 0.5) is 16.2 Å². The zero-order valence-electron chi connectivity index (χ0n) is 19.5. The molecule has 2 saturated heterocycles. The van der Waals surface area contributed by atoms with Crippen molar-refractivity contribution >= 4 is 29.2 Å². The van der Waals surface area contributed by atoms with Gasteiger partial charge >= 0.3 is 6.03 Å². The van der Waals surface area contributed by atoms with Gasteiger partial charge in [0.1, 0.15) is 12.1 Å². The molecule has 0 aliphatic carbocycles. The van der Waals surface area contributed by atoms with Crippen molar-refractivity contribution in [3.63, 3.8) is 0 Å². The average Bonchev–Trinajstić information content (AvgIpc) is 3.01. The zero-order valence-corrected chi connectivity index (χ0v) is 19.5. The third kappa shape index (κ3) is 4.13. The first-order valence-corrected chi connectivity index (χ1v) is 11.6. The van der Waals surface area contributed by atoms with Gasteiger partial charge in [-0.3, -0.25) is 19.4 Å². The van der Waals surface area contributed by atoms with Crippen LogP contribution in [-0.4, -0.2) is 48.0 Å². The molecule has 174 valence electrons. The highest BCUT2D eigenvalue weighted by Gasteiger charge is 2.58. The Morgan fingerprint density at radius 2 is 1.61 bits per heavy atom. The number of nitrogens with one attached hydrogen (secondary N) is 1. The molecule has 4 amide bonds. The second kappa shape index (κ2) is 9.35. The number of hydrogen-bond acceptors (Lipinski definition) is 4. The predicted molar refractivity (Wildman–Crippen MR) is 127 cm³/mol. The highest BCUT2D eigenvalue weighted by atomic mass is 16.5. The van der Waals surface area contributed by atoms with E-state index in [1.165, 1.54) is 0 Å². The van der Waals surface area contributed by atoms with Crippen molar-refractivity contribution in [1.82, 2.24) is 4.90 Å². The van der Waals surface area contributed by atoms with Crippen molar-refractivity contribution in [2.75, 3.05) is 30.0 Å². The number of rotatable bonds is 6. The molecule has 2 heterocycles. The molecule has 2 aliphatic heterocycles. The summed E-state index contributed by atoms with van der Waals surface area (Å²) in [6, 6.07) is 13.0. The van der Waals surface area contributed by atoms with Crippen LogP contribution < -0.4 is 10.2 Å². The van der Waals surface area contributed by atoms with Crippen LogP contribution in [0.25, 0.3) is 0 Å². The van der Waals surface area contributed by atoms with Gasteiger partial charge < -0.3 is 10.1 Å². The molecule has 0 atom stereocenters. The van der Waals surface area contributed by atoms with Crippen LogP contribution in [0.15, 0.2) is 42.5 Å². The Kier molecular flexibility index (Phi) is 6.51. The van der Waals surface area contributed by atoms with Crippen molar-refractivity contribution < 1.29 is 19.1 Å². The first-order valence-electron chi connectivity index (χ1n) is 11.6. The normalized spacial score (nSPS) is 17.7. The van der Waals surface area contributed by atoms with Crippen LogP contribution in [-0.2, 0) is 27.2 Å². The minimum atomic E-state index is -1.01. The molecule has 1 spiro atoms. The molecule has 2 aliphatic rings. The summed E-state index contributed by atoms with van der Waals surface area (Å²) >= 11 is 0. The second-order valence-electron chi connectivity index (χ2n) is 8.70. The highest BCUT2D eigenvalue weighted by molar-refractivity contribution is 6.18. The largest absolute Gasteiger partial charge is 0.381 e. The van der Waals surface area contributed by atoms with Gasteiger partial charge in [0, 0.05) is 37.4 Å². The van der Waals surface area contributed by atoms with Crippen molar-refractivity contribution in [2.45, 2.75) is 52.0 Å². The molecule has 0 radical (unpaired) electrons. The molecule has 4 rings (SSSR count). The van der Waals surface area contributed by atoms with Gasteiger partial charge in [-0.25, -0.2) is 4.79 Å². The maximum Gasteiger partial charge on any atom is 0.332 e. The van der Waals surface area contributed by atoms with E-state index in [1.54, 1.807) is 4.90 Å². The molecule has 0 saturated carbocycles. The van der Waals surface area contributed by atoms with Crippen molar-refractivity contribution in [2.24, 2.45) is 0 Å². The molecule has 0 unspecified atom stereocenters. The zero-order chi connectivity index (χ0) is 23.6. The molecule has 7 heteroatoms. The summed E-state index contributed by atoms with van der Waals surface area (Å²) in [5.74, 6) is -0.703. The quantitative estimate of drug-likeness (QED) is 0.674. The number of carbonyl (C=O) groups is 3. The van der Waals surface area contributed by atoms with Crippen LogP contribution >= 0.6 is 0 Å². The maximum absolute atomic E-state index is 13.6. The second-order valence-corrected chi connectivity index (χ2v) is 8.70. The van der Waals surface area contributed by atoms with E-state index in [2.05, 4.69) is 5.32 Å². The Morgan fingerprint density at radius 3 is 2.18 bits per heavy atom. The average molecular weight is 450 g/mol. The molecular weight excluding hydrogens is 418 g/mol. The fourth-order valence-electron chi connectivity index (χ4n) is 4.80. The van der Waals surface area contributed by atoms with Crippen molar-refractivity contribution in [3.05, 3.63) is 59.2 Å². The third-order valence-corrected chi connectivity index (χ3v) is 6.67. The molecule has 2 fully saturated rings. The standard InChI is InChI=1S/C26H31N3O4/c1-4-19-7-6-8-20(5-2)23(19)27-22(30)17-28-24(31)26(13-15-33-16-14-26)29(25(28)32)21-11-9-18(3)10-12-21/h6-12H,4-5,13-17H2,1-3H3,(H,27,30). The van der Waals surface area contributed by atoms with Gasteiger partial charge in [0.15, 0.2) is 0 Å². The number of hydrogen-bond donors (Lipinski definition) is 1. The summed E-state index contributed by atoms with van der Waals surface area (Å²) in [6.07, 6.45) is 2.36. The Labute approximate surface area is 194 Å². The van der Waals surface area contributed by atoms with E-state index in [-0.39, 0.29) is 18.4 Å². The summed E-state index contributed by atoms with van der Waals surface area (Å²) in [4.78, 5) is 42.8. The Hall–Kier alpha value is -3.19. The van der Waals surface area contributed by atoms with E-state index >= 15 is 0 Å². The van der Waals surface area contributed by atoms with E-state index < -0.39 is 11.6 Å². The van der Waals surface area contributed by atoms with E-state index in [4.69, 9.17) is 4.74 Å². The smallest absolute Gasteiger partial charge is 0.332 e. The molecule has 1 N–H and O–H groups in total. The molecule has 0 bridgehead atoms. The van der Waals surface area contributed by atoms with Crippen LogP contribution in [0.5, 0.6) is 0 Å². The van der Waals surface area contributed by atoms with Gasteiger partial charge in [0.05, 0.1) is 0 Å². The summed E-state index contributed by atoms with van der Waals surface area (Å²) in [5, 5.41) is 2.97. The van der Waals surface area contributed by atoms with Crippen LogP contribution in [0.2, 0.25) is 0 Å². The van der Waals surface area contributed by atoms with Gasteiger partial charge in [0.25, 0.3) is 5.91 Å². The number of anilines is 2. The molecular formula is C26H31N3O4. The molecule has 7 nitrogen and oxygen atoms in total. The molecule has 2 aromatic rings. The highest BCUT2D eigenvalue weighted by Crippen LogP contribution is 2.40. The number of imide groups is 1. The topological polar surface area (TPSA) is 79.0 Å². The van der Waals surface area contributed by atoms with E-state index in [9.17, 15) is 14.4 Å². The first-order chi connectivity index (χ1) is 15.9. The summed E-state index contributed by atoms with van der Waals surface area (Å²) in [5.41, 5.74) is 3.56. The van der Waals surface area contributed by atoms with Gasteiger partial charge in [-0.15, -0.1) is 0 Å². The number of ether oxygens (including phenoxy) is 1. The lowest BCUT2D eigenvalue weighted by molar-refractivity contribution is -0.136. The number of aryl methyl sites for hydroxylation is 3. The monoisotopic (exact) mass is 449 g/mol. The molecule has 0 aromatic heterocycles. The lowest BCUT2D eigenvalue weighted by Gasteiger charge is -2.38. The van der Waals surface area contributed by atoms with E-state index in [0.29, 0.717) is 31.7 Å². The number of para-hydroxylation sites is 1. The Bertz CT molecular complexity index is 1040. The Morgan fingerprint density at radius 1 is 1.00 bits per heavy atom.